The van der Waals surface area contributed by atoms with Gasteiger partial charge in [0.2, 0.25) is 0 Å². The lowest BCUT2D eigenvalue weighted by molar-refractivity contribution is 1.04. The minimum atomic E-state index is 0.508. The Morgan fingerprint density at radius 1 is 0.250 bits per heavy atom. The van der Waals surface area contributed by atoms with E-state index < -0.39 is 0 Å². The Labute approximate surface area is 389 Å². The van der Waals surface area contributed by atoms with Crippen LogP contribution in [0.2, 0.25) is 0 Å². The smallest absolute Gasteiger partial charge is 0.104 e. The molecule has 0 fully saturated rings. The number of nitrogens with zero attached hydrogens (tertiary/aromatic N) is 6. The summed E-state index contributed by atoms with van der Waals surface area (Å²) in [6, 6.07) is 81.9. The van der Waals surface area contributed by atoms with Crippen molar-refractivity contribution < 1.29 is 0 Å². The summed E-state index contributed by atoms with van der Waals surface area (Å²) >= 11 is 0. The molecule has 4 aromatic heterocycles. The van der Waals surface area contributed by atoms with E-state index in [0.717, 1.165) is 121 Å². The Kier molecular flexibility index (Phi) is 8.01. The topological polar surface area (TPSA) is 67.3 Å². The van der Waals surface area contributed by atoms with Crippen LogP contribution < -0.4 is 0 Å². The van der Waals surface area contributed by atoms with Gasteiger partial charge in [0.25, 0.3) is 0 Å². The van der Waals surface area contributed by atoms with Crippen LogP contribution in [0.1, 0.15) is 11.1 Å². The number of fused-ring (bicyclic) bond motifs is 12. The van der Waals surface area contributed by atoms with Gasteiger partial charge < -0.3 is 18.3 Å². The maximum absolute atomic E-state index is 12.6. The molecule has 0 unspecified atom stereocenters. The zero-order valence-corrected chi connectivity index (χ0v) is 36.5. The van der Waals surface area contributed by atoms with Crippen molar-refractivity contribution in [1.82, 2.24) is 18.3 Å². The fourth-order valence-corrected chi connectivity index (χ4v) is 11.3. The highest BCUT2D eigenvalue weighted by Gasteiger charge is 2.34. The van der Waals surface area contributed by atoms with Crippen LogP contribution >= 0.6 is 0 Å². The van der Waals surface area contributed by atoms with Crippen molar-refractivity contribution in [3.8, 4) is 46.0 Å². The molecule has 68 heavy (non-hydrogen) atoms. The molecule has 14 aromatic rings. The number of rotatable bonds is 5. The number of nitriles is 2. The van der Waals surface area contributed by atoms with Crippen molar-refractivity contribution in [1.29, 1.82) is 10.5 Å². The first-order valence-electron chi connectivity index (χ1n) is 22.8. The van der Waals surface area contributed by atoms with Gasteiger partial charge in [-0.2, -0.15) is 10.5 Å². The quantitative estimate of drug-likeness (QED) is 0.173. The van der Waals surface area contributed by atoms with Gasteiger partial charge in [-0.1, -0.05) is 158 Å². The fourth-order valence-electron chi connectivity index (χ4n) is 11.3. The Morgan fingerprint density at radius 3 is 0.721 bits per heavy atom. The zero-order valence-electron chi connectivity index (χ0n) is 36.5. The summed E-state index contributed by atoms with van der Waals surface area (Å²) in [6.45, 7) is 0. The predicted molar refractivity (Wildman–Crippen MR) is 279 cm³/mol. The molecular formula is C62H36N6. The summed E-state index contributed by atoms with van der Waals surface area (Å²) in [5, 5.41) is 31.6. The molecule has 0 saturated carbocycles. The highest BCUT2D eigenvalue weighted by Crippen LogP contribution is 2.51. The van der Waals surface area contributed by atoms with Gasteiger partial charge >= 0.3 is 0 Å². The molecule has 0 aliphatic rings. The van der Waals surface area contributed by atoms with Crippen LogP contribution in [0.4, 0.5) is 0 Å². The maximum Gasteiger partial charge on any atom is 0.104 e. The van der Waals surface area contributed by atoms with Crippen molar-refractivity contribution >= 4 is 87.2 Å². The second-order valence-corrected chi connectivity index (χ2v) is 17.4. The van der Waals surface area contributed by atoms with Crippen LogP contribution in [0.3, 0.4) is 0 Å². The predicted octanol–water partition coefficient (Wildman–Crippen LogP) is 15.5. The average Bonchev–Trinajstić information content (AvgIpc) is 4.13. The van der Waals surface area contributed by atoms with Gasteiger partial charge in [0.05, 0.1) is 78.5 Å². The number of aromatic nitrogens is 4. The standard InChI is InChI=1S/C62H36N6/c63-37-39-33-35-40(36-34-39)58-61(67-54-29-13-5-21-45(54)46-22-6-14-30-55(46)67)59(65-50-25-9-1-17-41(50)42-18-2-10-26-51(42)65)49(38-64)60(66-52-27-11-3-19-43(52)44-20-4-12-28-53(44)66)62(58)68-56-31-15-7-23-47(56)48-24-8-16-32-57(48)68/h1-36H. The Balaban J connectivity index is 1.37. The molecule has 0 amide bonds. The van der Waals surface area contributed by atoms with Crippen molar-refractivity contribution in [2.24, 2.45) is 0 Å². The molecule has 0 atom stereocenters. The van der Waals surface area contributed by atoms with Gasteiger partial charge in [0, 0.05) is 48.7 Å². The summed E-state index contributed by atoms with van der Waals surface area (Å²) in [5.41, 5.74) is 14.0. The average molecular weight is 865 g/mol. The molecule has 0 radical (unpaired) electrons. The van der Waals surface area contributed by atoms with Crippen molar-refractivity contribution in [2.75, 3.05) is 0 Å². The van der Waals surface area contributed by atoms with Gasteiger partial charge in [0.1, 0.15) is 11.6 Å². The van der Waals surface area contributed by atoms with E-state index in [2.05, 4.69) is 237 Å². The number of hydrogen-bond donors (Lipinski definition) is 0. The second kappa shape index (κ2) is 14.4. The van der Waals surface area contributed by atoms with Gasteiger partial charge in [0.15, 0.2) is 0 Å². The lowest BCUT2D eigenvalue weighted by Crippen LogP contribution is -2.16. The monoisotopic (exact) mass is 864 g/mol. The summed E-state index contributed by atoms with van der Waals surface area (Å²) in [5.74, 6) is 0. The molecule has 0 N–H and O–H groups in total. The van der Waals surface area contributed by atoms with E-state index in [4.69, 9.17) is 0 Å². The Bertz CT molecular complexity index is 4060. The summed E-state index contributed by atoms with van der Waals surface area (Å²) in [6.07, 6.45) is 0. The normalized spacial score (nSPS) is 11.8. The molecule has 0 aliphatic carbocycles. The molecule has 314 valence electrons. The number of hydrogen-bond acceptors (Lipinski definition) is 2. The van der Waals surface area contributed by atoms with Crippen LogP contribution in [-0.2, 0) is 0 Å². The minimum absolute atomic E-state index is 0.508. The molecule has 0 bridgehead atoms. The van der Waals surface area contributed by atoms with E-state index in [1.807, 2.05) is 12.1 Å². The first kappa shape index (κ1) is 37.7. The van der Waals surface area contributed by atoms with Crippen LogP contribution in [0.25, 0.3) is 121 Å². The first-order valence-corrected chi connectivity index (χ1v) is 22.8. The molecule has 6 heteroatoms. The number of para-hydroxylation sites is 8. The van der Waals surface area contributed by atoms with E-state index >= 15 is 0 Å². The molecule has 6 nitrogen and oxygen atoms in total. The molecule has 0 saturated heterocycles. The van der Waals surface area contributed by atoms with Crippen LogP contribution in [0, 0.1) is 22.7 Å². The molecular weight excluding hydrogens is 829 g/mol. The van der Waals surface area contributed by atoms with Crippen LogP contribution in [0.15, 0.2) is 218 Å². The summed E-state index contributed by atoms with van der Waals surface area (Å²) in [4.78, 5) is 0. The van der Waals surface area contributed by atoms with E-state index in [1.54, 1.807) is 0 Å². The van der Waals surface area contributed by atoms with E-state index in [9.17, 15) is 10.5 Å². The SMILES string of the molecule is N#Cc1ccc(-c2c(-n3c4ccccc4c4ccccc43)c(-n3c4ccccc4c4ccccc43)c(C#N)c(-n3c4ccccc4c4ccccc43)c2-n2c3ccccc3c3ccccc32)cc1. The minimum Gasteiger partial charge on any atom is -0.306 e. The maximum atomic E-state index is 12.6. The highest BCUT2D eigenvalue weighted by atomic mass is 15.1. The third-order valence-corrected chi connectivity index (χ3v) is 14.0. The highest BCUT2D eigenvalue weighted by molar-refractivity contribution is 6.17. The van der Waals surface area contributed by atoms with Crippen molar-refractivity contribution in [3.05, 3.63) is 230 Å². The lowest BCUT2D eigenvalue weighted by atomic mass is 9.93. The molecule has 14 rings (SSSR count). The van der Waals surface area contributed by atoms with Gasteiger partial charge in [-0.15, -0.1) is 0 Å². The van der Waals surface area contributed by atoms with Crippen molar-refractivity contribution in [2.45, 2.75) is 0 Å². The number of benzene rings is 10. The zero-order chi connectivity index (χ0) is 45.0. The van der Waals surface area contributed by atoms with Crippen LogP contribution in [0.5, 0.6) is 0 Å². The molecule has 4 heterocycles. The van der Waals surface area contributed by atoms with Crippen molar-refractivity contribution in [3.63, 3.8) is 0 Å². The first-order chi connectivity index (χ1) is 33.7. The third-order valence-electron chi connectivity index (χ3n) is 14.0. The van der Waals surface area contributed by atoms with Crippen LogP contribution in [-0.4, -0.2) is 18.3 Å². The van der Waals surface area contributed by atoms with Gasteiger partial charge in [-0.05, 0) is 66.2 Å². The molecule has 0 spiro atoms. The Hall–Kier alpha value is -9.62. The fraction of sp³-hybridized carbons (Fsp3) is 0. The third kappa shape index (κ3) is 5.09. The summed E-state index contributed by atoms with van der Waals surface area (Å²) < 4.78 is 9.46. The van der Waals surface area contributed by atoms with E-state index in [-0.39, 0.29) is 0 Å². The largest absolute Gasteiger partial charge is 0.306 e. The second-order valence-electron chi connectivity index (χ2n) is 17.4. The Morgan fingerprint density at radius 2 is 0.485 bits per heavy atom. The molecule has 0 aliphatic heterocycles. The van der Waals surface area contributed by atoms with E-state index in [1.165, 1.54) is 0 Å². The van der Waals surface area contributed by atoms with Gasteiger partial charge in [-0.3, -0.25) is 0 Å². The summed E-state index contributed by atoms with van der Waals surface area (Å²) in [7, 11) is 0. The lowest BCUT2D eigenvalue weighted by Gasteiger charge is -2.29. The van der Waals surface area contributed by atoms with Gasteiger partial charge in [-0.25, -0.2) is 0 Å². The molecule has 10 aromatic carbocycles. The van der Waals surface area contributed by atoms with E-state index in [0.29, 0.717) is 11.1 Å².